The molecule has 0 radical (unpaired) electrons. The first-order valence-electron chi connectivity index (χ1n) is 11.1. The van der Waals surface area contributed by atoms with E-state index in [1.807, 2.05) is 17.0 Å². The van der Waals surface area contributed by atoms with E-state index < -0.39 is 0 Å². The number of hydrogen-bond donors (Lipinski definition) is 2. The number of likely N-dealkylation sites (tertiary alicyclic amines) is 1. The average Bonchev–Trinajstić information content (AvgIpc) is 3.40. The Morgan fingerprint density at radius 3 is 2.66 bits per heavy atom. The minimum atomic E-state index is -0.123. The zero-order valence-electron chi connectivity index (χ0n) is 17.4. The molecule has 6 heteroatoms. The summed E-state index contributed by atoms with van der Waals surface area (Å²) in [6.45, 7) is 2.24. The molecule has 1 aromatic rings. The first kappa shape index (κ1) is 20.2. The highest BCUT2D eigenvalue weighted by Gasteiger charge is 2.46. The van der Waals surface area contributed by atoms with Gasteiger partial charge < -0.3 is 15.5 Å². The van der Waals surface area contributed by atoms with Crippen molar-refractivity contribution in [3.8, 4) is 0 Å². The van der Waals surface area contributed by atoms with Crippen LogP contribution < -0.4 is 10.6 Å². The monoisotopic (exact) mass is 400 g/mol. The van der Waals surface area contributed by atoms with Crippen LogP contribution >= 0.6 is 0 Å². The van der Waals surface area contributed by atoms with E-state index >= 15 is 0 Å². The van der Waals surface area contributed by atoms with Gasteiger partial charge in [-0.1, -0.05) is 37.5 Å². The number of aliphatic imine (C=N–C) groups is 1. The summed E-state index contributed by atoms with van der Waals surface area (Å²) >= 11 is 0. The van der Waals surface area contributed by atoms with Crippen molar-refractivity contribution in [2.75, 3.05) is 26.7 Å². The highest BCUT2D eigenvalue weighted by Crippen LogP contribution is 2.48. The first-order chi connectivity index (χ1) is 14.1. The molecule has 1 saturated heterocycles. The maximum Gasteiger partial charge on any atom is 0.225 e. The number of amides is 1. The second-order valence-corrected chi connectivity index (χ2v) is 8.94. The third-order valence-corrected chi connectivity index (χ3v) is 6.91. The van der Waals surface area contributed by atoms with Gasteiger partial charge in [-0.15, -0.1) is 0 Å². The molecule has 158 valence electrons. The molecule has 0 spiro atoms. The number of nitrogens with zero attached hydrogens (tertiary/aromatic N) is 2. The number of guanidine groups is 1. The fourth-order valence-electron chi connectivity index (χ4n) is 4.91. The van der Waals surface area contributed by atoms with Crippen molar-refractivity contribution in [2.24, 2.45) is 10.9 Å². The van der Waals surface area contributed by atoms with Gasteiger partial charge in [-0.3, -0.25) is 9.79 Å². The van der Waals surface area contributed by atoms with Crippen LogP contribution in [0.25, 0.3) is 0 Å². The number of halogens is 1. The molecule has 3 fully saturated rings. The van der Waals surface area contributed by atoms with Crippen LogP contribution in [0, 0.1) is 11.7 Å². The van der Waals surface area contributed by atoms with Gasteiger partial charge in [-0.25, -0.2) is 4.39 Å². The van der Waals surface area contributed by atoms with Crippen LogP contribution in [0.4, 0.5) is 4.39 Å². The Bertz CT molecular complexity index is 755. The van der Waals surface area contributed by atoms with Gasteiger partial charge in [-0.05, 0) is 43.7 Å². The largest absolute Gasteiger partial charge is 0.356 e. The van der Waals surface area contributed by atoms with E-state index in [1.54, 1.807) is 19.2 Å². The van der Waals surface area contributed by atoms with Gasteiger partial charge in [0.05, 0.1) is 0 Å². The van der Waals surface area contributed by atoms with E-state index in [-0.39, 0.29) is 23.2 Å². The van der Waals surface area contributed by atoms with Crippen molar-refractivity contribution in [3.05, 3.63) is 35.6 Å². The van der Waals surface area contributed by atoms with Crippen LogP contribution in [-0.4, -0.2) is 49.5 Å². The molecule has 4 rings (SSSR count). The molecule has 1 heterocycles. The molecule has 1 aliphatic heterocycles. The van der Waals surface area contributed by atoms with Crippen molar-refractivity contribution in [2.45, 2.75) is 62.8 Å². The molecule has 2 saturated carbocycles. The van der Waals surface area contributed by atoms with Crippen molar-refractivity contribution in [1.29, 1.82) is 0 Å². The molecule has 1 atom stereocenters. The minimum Gasteiger partial charge on any atom is -0.356 e. The number of rotatable bonds is 5. The third kappa shape index (κ3) is 4.57. The van der Waals surface area contributed by atoms with E-state index in [1.165, 1.54) is 19.3 Å². The van der Waals surface area contributed by atoms with Crippen LogP contribution in [0.5, 0.6) is 0 Å². The molecular weight excluding hydrogens is 367 g/mol. The molecule has 5 nitrogen and oxygen atoms in total. The van der Waals surface area contributed by atoms with E-state index in [0.717, 1.165) is 56.7 Å². The predicted octanol–water partition coefficient (Wildman–Crippen LogP) is 3.20. The summed E-state index contributed by atoms with van der Waals surface area (Å²) < 4.78 is 14.2. The number of carbonyl (C=O) groups excluding carboxylic acids is 1. The lowest BCUT2D eigenvalue weighted by atomic mass is 9.88. The van der Waals surface area contributed by atoms with Crippen LogP contribution in [0.3, 0.4) is 0 Å². The summed E-state index contributed by atoms with van der Waals surface area (Å²) in [6.07, 6.45) is 8.67. The maximum atomic E-state index is 14.2. The van der Waals surface area contributed by atoms with E-state index in [2.05, 4.69) is 15.6 Å². The Hall–Kier alpha value is -2.11. The van der Waals surface area contributed by atoms with Gasteiger partial charge in [-0.2, -0.15) is 0 Å². The fraction of sp³-hybridized carbons (Fsp3) is 0.652. The topological polar surface area (TPSA) is 56.7 Å². The highest BCUT2D eigenvalue weighted by molar-refractivity contribution is 5.81. The Kier molecular flexibility index (Phi) is 6.07. The summed E-state index contributed by atoms with van der Waals surface area (Å²) in [7, 11) is 1.76. The quantitative estimate of drug-likeness (QED) is 0.590. The van der Waals surface area contributed by atoms with Crippen molar-refractivity contribution < 1.29 is 9.18 Å². The molecule has 0 aromatic heterocycles. The standard InChI is InChI=1S/C23H33FN4O/c1-25-22(26-16-23(12-13-23)19-9-5-6-10-20(19)24)27-18-11-14-28(15-18)21(29)17-7-3-2-4-8-17/h5-6,9-10,17-18H,2-4,7-8,11-16H2,1H3,(H2,25,26,27). The summed E-state index contributed by atoms with van der Waals surface area (Å²) in [6, 6.07) is 7.30. The first-order valence-corrected chi connectivity index (χ1v) is 11.1. The minimum absolute atomic E-state index is 0.123. The lowest BCUT2D eigenvalue weighted by molar-refractivity contribution is -0.135. The van der Waals surface area contributed by atoms with Gasteiger partial charge in [0, 0.05) is 44.1 Å². The second kappa shape index (κ2) is 8.72. The number of benzene rings is 1. The third-order valence-electron chi connectivity index (χ3n) is 6.91. The Morgan fingerprint density at radius 2 is 1.97 bits per heavy atom. The smallest absolute Gasteiger partial charge is 0.225 e. The SMILES string of the molecule is CN=C(NCC1(c2ccccc2F)CC1)NC1CCN(C(=O)C2CCCCC2)C1. The van der Waals surface area contributed by atoms with Crippen LogP contribution in [-0.2, 0) is 10.2 Å². The summed E-state index contributed by atoms with van der Waals surface area (Å²) in [5.74, 6) is 1.19. The summed E-state index contributed by atoms with van der Waals surface area (Å²) in [5, 5.41) is 6.87. The van der Waals surface area contributed by atoms with Gasteiger partial charge in [0.1, 0.15) is 5.82 Å². The lowest BCUT2D eigenvalue weighted by Gasteiger charge is -2.26. The van der Waals surface area contributed by atoms with Gasteiger partial charge in [0.15, 0.2) is 5.96 Å². The highest BCUT2D eigenvalue weighted by atomic mass is 19.1. The van der Waals surface area contributed by atoms with E-state index in [0.29, 0.717) is 12.5 Å². The van der Waals surface area contributed by atoms with Crippen LogP contribution in [0.2, 0.25) is 0 Å². The summed E-state index contributed by atoms with van der Waals surface area (Å²) in [4.78, 5) is 19.2. The second-order valence-electron chi connectivity index (χ2n) is 8.94. The maximum absolute atomic E-state index is 14.2. The number of hydrogen-bond acceptors (Lipinski definition) is 2. The van der Waals surface area contributed by atoms with Crippen LogP contribution in [0.1, 0.15) is 56.9 Å². The van der Waals surface area contributed by atoms with Gasteiger partial charge in [0.2, 0.25) is 5.91 Å². The molecule has 1 aromatic carbocycles. The molecule has 1 unspecified atom stereocenters. The Labute approximate surface area is 173 Å². The summed E-state index contributed by atoms with van der Waals surface area (Å²) in [5.41, 5.74) is 0.676. The van der Waals surface area contributed by atoms with Crippen molar-refractivity contribution >= 4 is 11.9 Å². The molecule has 1 amide bonds. The van der Waals surface area contributed by atoms with Gasteiger partial charge >= 0.3 is 0 Å². The number of nitrogens with one attached hydrogen (secondary N) is 2. The number of carbonyl (C=O) groups is 1. The Balaban J connectivity index is 1.28. The normalized spacial score (nSPS) is 24.4. The van der Waals surface area contributed by atoms with Crippen molar-refractivity contribution in [1.82, 2.24) is 15.5 Å². The molecular formula is C23H33FN4O. The lowest BCUT2D eigenvalue weighted by Crippen LogP contribution is -2.47. The van der Waals surface area contributed by atoms with Crippen molar-refractivity contribution in [3.63, 3.8) is 0 Å². The molecule has 2 N–H and O–H groups in total. The van der Waals surface area contributed by atoms with E-state index in [9.17, 15) is 9.18 Å². The molecule has 2 aliphatic carbocycles. The zero-order chi connectivity index (χ0) is 20.3. The van der Waals surface area contributed by atoms with Gasteiger partial charge in [0.25, 0.3) is 0 Å². The van der Waals surface area contributed by atoms with E-state index in [4.69, 9.17) is 0 Å². The van der Waals surface area contributed by atoms with Crippen LogP contribution in [0.15, 0.2) is 29.3 Å². The molecule has 0 bridgehead atoms. The fourth-order valence-corrected chi connectivity index (χ4v) is 4.91. The molecule has 29 heavy (non-hydrogen) atoms. The molecule has 3 aliphatic rings. The zero-order valence-corrected chi connectivity index (χ0v) is 17.4. The average molecular weight is 401 g/mol. The Morgan fingerprint density at radius 1 is 1.21 bits per heavy atom. The predicted molar refractivity (Wildman–Crippen MR) is 113 cm³/mol.